The number of carbonyl (C=O) groups excluding carboxylic acids is 1. The third kappa shape index (κ3) is 4.47. The molecule has 1 aliphatic rings. The van der Waals surface area contributed by atoms with Crippen LogP contribution in [0.1, 0.15) is 38.2 Å². The number of hydrogen-bond donors (Lipinski definition) is 2. The summed E-state index contributed by atoms with van der Waals surface area (Å²) in [5, 5.41) is 12.5. The van der Waals surface area contributed by atoms with Crippen LogP contribution in [-0.4, -0.2) is 42.3 Å². The van der Waals surface area contributed by atoms with Crippen LogP contribution < -0.4 is 5.32 Å². The van der Waals surface area contributed by atoms with Gasteiger partial charge >= 0.3 is 6.03 Å². The Balaban J connectivity index is 1.66. The van der Waals surface area contributed by atoms with E-state index in [-0.39, 0.29) is 18.1 Å². The number of likely N-dealkylation sites (tertiary alicyclic amines) is 1. The minimum Gasteiger partial charge on any atom is -0.396 e. The average Bonchev–Trinajstić information content (AvgIpc) is 2.59. The number of aryl methyl sites for hydroxylation is 1. The van der Waals surface area contributed by atoms with Crippen LogP contribution in [0.25, 0.3) is 0 Å². The highest BCUT2D eigenvalue weighted by Gasteiger charge is 2.33. The Morgan fingerprint density at radius 1 is 1.27 bits per heavy atom. The zero-order chi connectivity index (χ0) is 15.8. The van der Waals surface area contributed by atoms with Crippen LogP contribution in [0.5, 0.6) is 0 Å². The molecule has 1 saturated heterocycles. The molecule has 0 radical (unpaired) electrons. The van der Waals surface area contributed by atoms with Gasteiger partial charge in [0.25, 0.3) is 0 Å². The van der Waals surface area contributed by atoms with E-state index < -0.39 is 0 Å². The Morgan fingerprint density at radius 3 is 2.55 bits per heavy atom. The van der Waals surface area contributed by atoms with Crippen molar-refractivity contribution in [3.63, 3.8) is 0 Å². The highest BCUT2D eigenvalue weighted by atomic mass is 16.3. The molecule has 0 atom stereocenters. The van der Waals surface area contributed by atoms with Crippen molar-refractivity contribution in [3.8, 4) is 0 Å². The number of hydrogen-bond acceptors (Lipinski definition) is 2. The van der Waals surface area contributed by atoms with E-state index in [9.17, 15) is 9.90 Å². The molecule has 0 bridgehead atoms. The van der Waals surface area contributed by atoms with Crippen molar-refractivity contribution >= 4 is 6.03 Å². The van der Waals surface area contributed by atoms with E-state index >= 15 is 0 Å². The fourth-order valence-corrected chi connectivity index (χ4v) is 3.05. The number of carbonyl (C=O) groups is 1. The predicted octanol–water partition coefficient (Wildman–Crippen LogP) is 2.81. The summed E-state index contributed by atoms with van der Waals surface area (Å²) in [5.41, 5.74) is 1.34. The lowest BCUT2D eigenvalue weighted by atomic mass is 9.77. The van der Waals surface area contributed by atoms with Gasteiger partial charge in [0.15, 0.2) is 0 Å². The summed E-state index contributed by atoms with van der Waals surface area (Å²) in [4.78, 5) is 14.0. The number of rotatable bonds is 6. The molecule has 2 amide bonds. The van der Waals surface area contributed by atoms with Gasteiger partial charge in [-0.25, -0.2) is 4.79 Å². The number of nitrogens with one attached hydrogen (secondary N) is 1. The van der Waals surface area contributed by atoms with E-state index in [4.69, 9.17) is 0 Å². The molecular formula is C18H28N2O2. The molecule has 2 N–H and O–H groups in total. The number of benzene rings is 1. The van der Waals surface area contributed by atoms with Crippen molar-refractivity contribution in [2.75, 3.05) is 26.2 Å². The first-order chi connectivity index (χ1) is 10.7. The standard InChI is InChI=1S/C18H28N2O2/c1-2-18(15-21)10-13-20(14-11-18)17(22)19-12-6-9-16-7-4-3-5-8-16/h3-5,7-8,21H,2,6,9-15H2,1H3,(H,19,22). The monoisotopic (exact) mass is 304 g/mol. The maximum atomic E-state index is 12.1. The fourth-order valence-electron chi connectivity index (χ4n) is 3.05. The number of amides is 2. The van der Waals surface area contributed by atoms with E-state index in [0.717, 1.165) is 45.2 Å². The van der Waals surface area contributed by atoms with Crippen molar-refractivity contribution in [2.45, 2.75) is 39.0 Å². The zero-order valence-electron chi connectivity index (χ0n) is 13.6. The van der Waals surface area contributed by atoms with Gasteiger partial charge in [0.2, 0.25) is 0 Å². The minimum absolute atomic E-state index is 0.0318. The summed E-state index contributed by atoms with van der Waals surface area (Å²) < 4.78 is 0. The van der Waals surface area contributed by atoms with Gasteiger partial charge in [-0.05, 0) is 43.1 Å². The third-order valence-electron chi connectivity index (χ3n) is 4.96. The van der Waals surface area contributed by atoms with E-state index in [0.29, 0.717) is 6.54 Å². The van der Waals surface area contributed by atoms with Gasteiger partial charge in [-0.15, -0.1) is 0 Å². The van der Waals surface area contributed by atoms with Crippen molar-refractivity contribution in [2.24, 2.45) is 5.41 Å². The van der Waals surface area contributed by atoms with Crippen molar-refractivity contribution in [1.29, 1.82) is 0 Å². The summed E-state index contributed by atoms with van der Waals surface area (Å²) in [7, 11) is 0. The van der Waals surface area contributed by atoms with E-state index in [1.54, 1.807) is 0 Å². The molecule has 1 aromatic carbocycles. The van der Waals surface area contributed by atoms with Crippen molar-refractivity contribution in [3.05, 3.63) is 35.9 Å². The molecule has 2 rings (SSSR count). The predicted molar refractivity (Wildman–Crippen MR) is 88.8 cm³/mol. The molecule has 0 spiro atoms. The average molecular weight is 304 g/mol. The Hall–Kier alpha value is -1.55. The molecule has 1 heterocycles. The molecule has 4 heteroatoms. The molecule has 0 saturated carbocycles. The highest BCUT2D eigenvalue weighted by molar-refractivity contribution is 5.74. The second-order valence-corrected chi connectivity index (χ2v) is 6.32. The van der Waals surface area contributed by atoms with E-state index in [1.165, 1.54) is 5.56 Å². The van der Waals surface area contributed by atoms with Gasteiger partial charge < -0.3 is 15.3 Å². The fraction of sp³-hybridized carbons (Fsp3) is 0.611. The quantitative estimate of drug-likeness (QED) is 0.794. The van der Waals surface area contributed by atoms with Crippen LogP contribution in [0.3, 0.4) is 0 Å². The Kier molecular flexibility index (Phi) is 6.25. The summed E-state index contributed by atoms with van der Waals surface area (Å²) in [5.74, 6) is 0. The molecule has 4 nitrogen and oxygen atoms in total. The van der Waals surface area contributed by atoms with Gasteiger partial charge in [-0.1, -0.05) is 37.3 Å². The third-order valence-corrected chi connectivity index (χ3v) is 4.96. The highest BCUT2D eigenvalue weighted by Crippen LogP contribution is 2.34. The van der Waals surface area contributed by atoms with Crippen LogP contribution in [-0.2, 0) is 6.42 Å². The first-order valence-electron chi connectivity index (χ1n) is 8.37. The second kappa shape index (κ2) is 8.18. The normalized spacial score (nSPS) is 17.3. The lowest BCUT2D eigenvalue weighted by molar-refractivity contribution is 0.0520. The zero-order valence-corrected chi connectivity index (χ0v) is 13.6. The van der Waals surface area contributed by atoms with Gasteiger partial charge in [-0.3, -0.25) is 0 Å². The summed E-state index contributed by atoms with van der Waals surface area (Å²) in [6, 6.07) is 10.4. The van der Waals surface area contributed by atoms with Crippen LogP contribution in [0.4, 0.5) is 4.79 Å². The molecule has 1 aromatic rings. The summed E-state index contributed by atoms with van der Waals surface area (Å²) in [6.07, 6.45) is 4.73. The first kappa shape index (κ1) is 16.8. The van der Waals surface area contributed by atoms with Crippen molar-refractivity contribution < 1.29 is 9.90 Å². The van der Waals surface area contributed by atoms with Gasteiger partial charge in [0.05, 0.1) is 0 Å². The van der Waals surface area contributed by atoms with Crippen molar-refractivity contribution in [1.82, 2.24) is 10.2 Å². The first-order valence-corrected chi connectivity index (χ1v) is 8.37. The summed E-state index contributed by atoms with van der Waals surface area (Å²) >= 11 is 0. The van der Waals surface area contributed by atoms with Crippen LogP contribution in [0.15, 0.2) is 30.3 Å². The van der Waals surface area contributed by atoms with Gasteiger partial charge in [0, 0.05) is 26.2 Å². The largest absolute Gasteiger partial charge is 0.396 e. The number of nitrogens with zero attached hydrogens (tertiary/aromatic N) is 1. The van der Waals surface area contributed by atoms with E-state index in [1.807, 2.05) is 23.1 Å². The minimum atomic E-state index is 0.0318. The smallest absolute Gasteiger partial charge is 0.317 e. The number of aliphatic hydroxyl groups is 1. The lowest BCUT2D eigenvalue weighted by Crippen LogP contribution is -2.48. The molecule has 1 aliphatic heterocycles. The number of urea groups is 1. The Morgan fingerprint density at radius 2 is 1.95 bits per heavy atom. The molecule has 0 aliphatic carbocycles. The van der Waals surface area contributed by atoms with Gasteiger partial charge in [0.1, 0.15) is 0 Å². The topological polar surface area (TPSA) is 52.6 Å². The Labute approximate surface area is 133 Å². The second-order valence-electron chi connectivity index (χ2n) is 6.32. The Bertz CT molecular complexity index is 447. The maximum absolute atomic E-state index is 12.1. The molecular weight excluding hydrogens is 276 g/mol. The number of piperidine rings is 1. The number of aliphatic hydroxyl groups excluding tert-OH is 1. The van der Waals surface area contributed by atoms with Crippen LogP contribution >= 0.6 is 0 Å². The SMILES string of the molecule is CCC1(CO)CCN(C(=O)NCCCc2ccccc2)CC1. The van der Waals surface area contributed by atoms with Crippen LogP contribution in [0.2, 0.25) is 0 Å². The molecule has 122 valence electrons. The molecule has 0 aromatic heterocycles. The van der Waals surface area contributed by atoms with E-state index in [2.05, 4.69) is 24.4 Å². The molecule has 1 fully saturated rings. The molecule has 22 heavy (non-hydrogen) atoms. The lowest BCUT2D eigenvalue weighted by Gasteiger charge is -2.40. The molecule has 0 unspecified atom stereocenters. The maximum Gasteiger partial charge on any atom is 0.317 e. The van der Waals surface area contributed by atoms with Crippen LogP contribution in [0, 0.1) is 5.41 Å². The summed E-state index contributed by atoms with van der Waals surface area (Å²) in [6.45, 7) is 4.56. The van der Waals surface area contributed by atoms with Gasteiger partial charge in [-0.2, -0.15) is 0 Å².